The van der Waals surface area contributed by atoms with Gasteiger partial charge in [-0.15, -0.1) is 0 Å². The number of hydrazone groups is 1. The first-order valence-electron chi connectivity index (χ1n) is 6.97. The van der Waals surface area contributed by atoms with E-state index in [0.717, 1.165) is 5.76 Å². The fourth-order valence-electron chi connectivity index (χ4n) is 2.28. The zero-order valence-corrected chi connectivity index (χ0v) is 12.6. The number of carbonyl (C=O) groups excluding carboxylic acids is 1. The molecule has 0 bridgehead atoms. The van der Waals surface area contributed by atoms with Gasteiger partial charge in [0.2, 0.25) is 0 Å². The molecule has 1 aliphatic heterocycles. The molecule has 3 rings (SSSR count). The molecule has 0 unspecified atom stereocenters. The molecule has 0 saturated heterocycles. The van der Waals surface area contributed by atoms with Gasteiger partial charge in [-0.25, -0.2) is 4.79 Å². The Morgan fingerprint density at radius 1 is 1.17 bits per heavy atom. The van der Waals surface area contributed by atoms with E-state index in [1.54, 1.807) is 31.2 Å². The fraction of sp³-hybridized carbons (Fsp3) is 0.118. The molecule has 1 N–H and O–H groups in total. The van der Waals surface area contributed by atoms with Crippen molar-refractivity contribution in [3.05, 3.63) is 59.1 Å². The molecule has 23 heavy (non-hydrogen) atoms. The molecule has 116 valence electrons. The van der Waals surface area contributed by atoms with Crippen LogP contribution in [0.5, 0.6) is 0 Å². The van der Waals surface area contributed by atoms with E-state index >= 15 is 0 Å². The van der Waals surface area contributed by atoms with Gasteiger partial charge < -0.3 is 9.52 Å². The van der Waals surface area contributed by atoms with E-state index in [0.29, 0.717) is 22.7 Å². The van der Waals surface area contributed by atoms with E-state index in [4.69, 9.17) is 9.52 Å². The summed E-state index contributed by atoms with van der Waals surface area (Å²) in [4.78, 5) is 23.4. The van der Waals surface area contributed by atoms with Crippen molar-refractivity contribution in [3.63, 3.8) is 0 Å². The summed E-state index contributed by atoms with van der Waals surface area (Å²) < 4.78 is 5.46. The topological polar surface area (TPSA) is 83.1 Å². The van der Waals surface area contributed by atoms with Gasteiger partial charge in [-0.3, -0.25) is 4.79 Å². The van der Waals surface area contributed by atoms with Crippen molar-refractivity contribution >= 4 is 29.4 Å². The molecule has 1 aliphatic rings. The maximum Gasteiger partial charge on any atom is 0.335 e. The summed E-state index contributed by atoms with van der Waals surface area (Å²) in [5.41, 5.74) is 1.69. The van der Waals surface area contributed by atoms with E-state index in [1.165, 1.54) is 17.1 Å². The van der Waals surface area contributed by atoms with Crippen LogP contribution in [0.4, 0.5) is 5.69 Å². The predicted molar refractivity (Wildman–Crippen MR) is 85.4 cm³/mol. The van der Waals surface area contributed by atoms with Crippen LogP contribution in [-0.4, -0.2) is 22.7 Å². The third kappa shape index (κ3) is 2.78. The Labute approximate surface area is 132 Å². The molecule has 2 heterocycles. The highest BCUT2D eigenvalue weighted by molar-refractivity contribution is 6.32. The molecule has 0 spiro atoms. The second kappa shape index (κ2) is 5.57. The summed E-state index contributed by atoms with van der Waals surface area (Å²) in [5, 5.41) is 14.4. The standard InChI is InChI=1S/C17H14N2O4/c1-10-3-8-14(23-10)9-15-11(2)18-19(16(15)20)13-6-4-12(5-7-13)17(21)22/h3-9H,1-2H3,(H,21,22). The number of aryl methyl sites for hydroxylation is 1. The summed E-state index contributed by atoms with van der Waals surface area (Å²) in [6, 6.07) is 9.59. The highest BCUT2D eigenvalue weighted by Crippen LogP contribution is 2.25. The molecular formula is C17H14N2O4. The number of nitrogens with zero attached hydrogens (tertiary/aromatic N) is 2. The molecule has 0 radical (unpaired) electrons. The Kier molecular flexibility index (Phi) is 3.57. The number of anilines is 1. The number of carbonyl (C=O) groups is 2. The van der Waals surface area contributed by atoms with E-state index in [-0.39, 0.29) is 11.5 Å². The molecule has 0 atom stereocenters. The summed E-state index contributed by atoms with van der Waals surface area (Å²) in [6.07, 6.45) is 1.65. The lowest BCUT2D eigenvalue weighted by Gasteiger charge is -2.11. The minimum atomic E-state index is -1.02. The van der Waals surface area contributed by atoms with Crippen molar-refractivity contribution < 1.29 is 19.1 Å². The Bertz CT molecular complexity index is 844. The van der Waals surface area contributed by atoms with Gasteiger partial charge >= 0.3 is 5.97 Å². The van der Waals surface area contributed by atoms with Crippen LogP contribution in [0.3, 0.4) is 0 Å². The highest BCUT2D eigenvalue weighted by Gasteiger charge is 2.29. The van der Waals surface area contributed by atoms with Gasteiger partial charge in [0.05, 0.1) is 22.5 Å². The van der Waals surface area contributed by atoms with Gasteiger partial charge in [-0.05, 0) is 56.3 Å². The lowest BCUT2D eigenvalue weighted by molar-refractivity contribution is -0.114. The van der Waals surface area contributed by atoms with Crippen LogP contribution in [0.25, 0.3) is 6.08 Å². The summed E-state index contributed by atoms with van der Waals surface area (Å²) >= 11 is 0. The van der Waals surface area contributed by atoms with Crippen LogP contribution in [0.1, 0.15) is 28.8 Å². The van der Waals surface area contributed by atoms with Gasteiger partial charge in [0.15, 0.2) is 0 Å². The maximum atomic E-state index is 12.5. The second-order valence-corrected chi connectivity index (χ2v) is 5.16. The minimum Gasteiger partial charge on any atom is -0.478 e. The van der Waals surface area contributed by atoms with Crippen molar-refractivity contribution in [3.8, 4) is 0 Å². The summed E-state index contributed by atoms with van der Waals surface area (Å²) in [5.74, 6) is 0.0545. The fourth-order valence-corrected chi connectivity index (χ4v) is 2.28. The number of benzene rings is 1. The van der Waals surface area contributed by atoms with Gasteiger partial charge in [0, 0.05) is 0 Å². The molecule has 0 saturated carbocycles. The Morgan fingerprint density at radius 3 is 2.43 bits per heavy atom. The predicted octanol–water partition coefficient (Wildman–Crippen LogP) is 3.09. The Morgan fingerprint density at radius 2 is 1.87 bits per heavy atom. The zero-order valence-electron chi connectivity index (χ0n) is 12.6. The number of amides is 1. The van der Waals surface area contributed by atoms with E-state index in [1.807, 2.05) is 13.0 Å². The van der Waals surface area contributed by atoms with Crippen LogP contribution in [0.15, 0.2) is 51.5 Å². The first kappa shape index (κ1) is 14.8. The molecule has 2 aromatic rings. The van der Waals surface area contributed by atoms with Gasteiger partial charge in [0.25, 0.3) is 5.91 Å². The van der Waals surface area contributed by atoms with Crippen LogP contribution in [0, 0.1) is 6.92 Å². The lowest BCUT2D eigenvalue weighted by Crippen LogP contribution is -2.21. The average Bonchev–Trinajstić information content (AvgIpc) is 3.05. The van der Waals surface area contributed by atoms with E-state index in [2.05, 4.69) is 5.10 Å². The van der Waals surface area contributed by atoms with Gasteiger partial charge in [-0.2, -0.15) is 10.1 Å². The van der Waals surface area contributed by atoms with Gasteiger partial charge in [0.1, 0.15) is 11.5 Å². The first-order valence-corrected chi connectivity index (χ1v) is 6.97. The average molecular weight is 310 g/mol. The van der Waals surface area contributed by atoms with Crippen molar-refractivity contribution in [2.45, 2.75) is 13.8 Å². The third-order valence-corrected chi connectivity index (χ3v) is 3.47. The van der Waals surface area contributed by atoms with Crippen LogP contribution < -0.4 is 5.01 Å². The summed E-state index contributed by atoms with van der Waals surface area (Å²) in [6.45, 7) is 3.57. The van der Waals surface area contributed by atoms with Crippen LogP contribution in [0.2, 0.25) is 0 Å². The number of aromatic carboxylic acids is 1. The number of rotatable bonds is 3. The van der Waals surface area contributed by atoms with Crippen molar-refractivity contribution in [2.24, 2.45) is 5.10 Å². The molecule has 0 aliphatic carbocycles. The Balaban J connectivity index is 1.90. The van der Waals surface area contributed by atoms with E-state index in [9.17, 15) is 9.59 Å². The molecule has 6 nitrogen and oxygen atoms in total. The summed E-state index contributed by atoms with van der Waals surface area (Å²) in [7, 11) is 0. The number of carboxylic acid groups (broad SMARTS) is 1. The quantitative estimate of drug-likeness (QED) is 0.883. The second-order valence-electron chi connectivity index (χ2n) is 5.16. The third-order valence-electron chi connectivity index (χ3n) is 3.47. The molecule has 0 fully saturated rings. The molecule has 1 aromatic carbocycles. The van der Waals surface area contributed by atoms with Crippen molar-refractivity contribution in [1.82, 2.24) is 0 Å². The number of furan rings is 1. The van der Waals surface area contributed by atoms with Crippen LogP contribution >= 0.6 is 0 Å². The smallest absolute Gasteiger partial charge is 0.335 e. The largest absolute Gasteiger partial charge is 0.478 e. The molecular weight excluding hydrogens is 296 g/mol. The highest BCUT2D eigenvalue weighted by atomic mass is 16.4. The normalized spacial score (nSPS) is 16.1. The lowest BCUT2D eigenvalue weighted by atomic mass is 10.1. The minimum absolute atomic E-state index is 0.155. The SMILES string of the molecule is CC1=NN(c2ccc(C(=O)O)cc2)C(=O)C1=Cc1ccc(C)o1. The van der Waals surface area contributed by atoms with Crippen LogP contribution in [-0.2, 0) is 4.79 Å². The number of hydrogen-bond donors (Lipinski definition) is 1. The molecule has 1 aromatic heterocycles. The van der Waals surface area contributed by atoms with E-state index < -0.39 is 5.97 Å². The zero-order chi connectivity index (χ0) is 16.6. The molecule has 1 amide bonds. The maximum absolute atomic E-state index is 12.5. The first-order chi connectivity index (χ1) is 11.0. The Hall–Kier alpha value is -3.15. The van der Waals surface area contributed by atoms with Gasteiger partial charge in [-0.1, -0.05) is 0 Å². The molecule has 6 heteroatoms. The number of carboxylic acids is 1. The van der Waals surface area contributed by atoms with Crippen molar-refractivity contribution in [1.29, 1.82) is 0 Å². The monoisotopic (exact) mass is 310 g/mol. The van der Waals surface area contributed by atoms with Crippen molar-refractivity contribution in [2.75, 3.05) is 5.01 Å². The number of hydrogen-bond acceptors (Lipinski definition) is 4.